The number of pyridine rings is 1. The highest BCUT2D eigenvalue weighted by molar-refractivity contribution is 6.06. The molecule has 0 saturated carbocycles. The van der Waals surface area contributed by atoms with Crippen molar-refractivity contribution < 1.29 is 14.3 Å². The Hall–Kier alpha value is -2.76. The fraction of sp³-hybridized carbons (Fsp3) is 0.333. The van der Waals surface area contributed by atoms with E-state index in [1.54, 1.807) is 24.4 Å². The van der Waals surface area contributed by atoms with Crippen molar-refractivity contribution in [1.29, 1.82) is 0 Å². The molecular formula is C18H19N3O3. The Morgan fingerprint density at radius 2 is 1.92 bits per heavy atom. The molecule has 2 aliphatic heterocycles. The Bertz CT molecular complexity index is 740. The number of rotatable bonds is 3. The molecule has 3 heterocycles. The molecule has 0 bridgehead atoms. The van der Waals surface area contributed by atoms with Crippen molar-refractivity contribution in [2.45, 2.75) is 12.8 Å². The van der Waals surface area contributed by atoms with Crippen LogP contribution in [-0.4, -0.2) is 37.2 Å². The number of anilines is 2. The summed E-state index contributed by atoms with van der Waals surface area (Å²) in [7, 11) is 0. The number of carbonyl (C=O) groups excluding carboxylic acids is 1. The van der Waals surface area contributed by atoms with Gasteiger partial charge in [-0.05, 0) is 37.1 Å². The molecule has 1 aromatic heterocycles. The van der Waals surface area contributed by atoms with Gasteiger partial charge in [-0.25, -0.2) is 4.98 Å². The highest BCUT2D eigenvalue weighted by Crippen LogP contribution is 2.34. The van der Waals surface area contributed by atoms with Gasteiger partial charge in [0.1, 0.15) is 19.0 Å². The number of fused-ring (bicyclic) bond motifs is 1. The zero-order valence-electron chi connectivity index (χ0n) is 13.3. The molecule has 6 heteroatoms. The largest absolute Gasteiger partial charge is 0.486 e. The average Bonchev–Trinajstić information content (AvgIpc) is 3.16. The van der Waals surface area contributed by atoms with Crippen LogP contribution in [0.2, 0.25) is 0 Å². The molecular weight excluding hydrogens is 306 g/mol. The monoisotopic (exact) mass is 325 g/mol. The molecule has 0 spiro atoms. The third-order valence-electron chi connectivity index (χ3n) is 4.25. The fourth-order valence-electron chi connectivity index (χ4n) is 3.04. The normalized spacial score (nSPS) is 16.1. The van der Waals surface area contributed by atoms with Gasteiger partial charge in [0.05, 0.1) is 17.4 Å². The molecule has 1 N–H and O–H groups in total. The summed E-state index contributed by atoms with van der Waals surface area (Å²) in [6.07, 6.45) is 4.11. The SMILES string of the molecule is O=C(Nc1ccc(N2CCCC2)nc1)c1cccc2c1OCCO2. The van der Waals surface area contributed by atoms with E-state index in [1.807, 2.05) is 12.1 Å². The van der Waals surface area contributed by atoms with Gasteiger partial charge >= 0.3 is 0 Å². The molecule has 1 amide bonds. The van der Waals surface area contributed by atoms with Gasteiger partial charge < -0.3 is 19.7 Å². The number of para-hydroxylation sites is 1. The van der Waals surface area contributed by atoms with Crippen LogP contribution in [0.25, 0.3) is 0 Å². The number of aromatic nitrogens is 1. The van der Waals surface area contributed by atoms with Crippen molar-refractivity contribution in [3.63, 3.8) is 0 Å². The molecule has 1 fully saturated rings. The predicted octanol–water partition coefficient (Wildman–Crippen LogP) is 2.71. The summed E-state index contributed by atoms with van der Waals surface area (Å²) in [6.45, 7) is 3.04. The lowest BCUT2D eigenvalue weighted by Crippen LogP contribution is -2.20. The van der Waals surface area contributed by atoms with Crippen LogP contribution in [0.5, 0.6) is 11.5 Å². The lowest BCUT2D eigenvalue weighted by Gasteiger charge is -2.20. The van der Waals surface area contributed by atoms with E-state index >= 15 is 0 Å². The number of hydrogen-bond acceptors (Lipinski definition) is 5. The van der Waals surface area contributed by atoms with Crippen LogP contribution < -0.4 is 19.7 Å². The maximum atomic E-state index is 12.5. The van der Waals surface area contributed by atoms with Crippen molar-refractivity contribution in [3.8, 4) is 11.5 Å². The first kappa shape index (κ1) is 14.8. The highest BCUT2D eigenvalue weighted by atomic mass is 16.6. The van der Waals surface area contributed by atoms with E-state index in [2.05, 4.69) is 15.2 Å². The number of carbonyl (C=O) groups is 1. The Balaban J connectivity index is 1.50. The molecule has 0 atom stereocenters. The number of benzene rings is 1. The summed E-state index contributed by atoms with van der Waals surface area (Å²) >= 11 is 0. The van der Waals surface area contributed by atoms with Crippen molar-refractivity contribution in [3.05, 3.63) is 42.1 Å². The number of nitrogens with one attached hydrogen (secondary N) is 1. The quantitative estimate of drug-likeness (QED) is 0.940. The van der Waals surface area contributed by atoms with Gasteiger partial charge in [0, 0.05) is 13.1 Å². The smallest absolute Gasteiger partial charge is 0.259 e. The molecule has 1 saturated heterocycles. The minimum atomic E-state index is -0.229. The first-order valence-corrected chi connectivity index (χ1v) is 8.22. The maximum absolute atomic E-state index is 12.5. The van der Waals surface area contributed by atoms with Crippen LogP contribution in [0.1, 0.15) is 23.2 Å². The third kappa shape index (κ3) is 2.87. The van der Waals surface area contributed by atoms with Crippen molar-refractivity contribution >= 4 is 17.4 Å². The standard InChI is InChI=1S/C18H19N3O3/c22-18(14-4-3-5-15-17(14)24-11-10-23-15)20-13-6-7-16(19-12-13)21-8-1-2-9-21/h3-7,12H,1-2,8-11H2,(H,20,22). The van der Waals surface area contributed by atoms with Crippen LogP contribution in [0.15, 0.2) is 36.5 Å². The second kappa shape index (κ2) is 6.39. The Morgan fingerprint density at radius 1 is 1.08 bits per heavy atom. The van der Waals surface area contributed by atoms with Gasteiger partial charge in [-0.1, -0.05) is 6.07 Å². The summed E-state index contributed by atoms with van der Waals surface area (Å²) in [6, 6.07) is 9.15. The number of nitrogens with zero attached hydrogens (tertiary/aromatic N) is 2. The molecule has 0 unspecified atom stereocenters. The molecule has 2 aromatic rings. The molecule has 0 radical (unpaired) electrons. The van der Waals surface area contributed by atoms with Crippen molar-refractivity contribution in [2.75, 3.05) is 36.5 Å². The van der Waals surface area contributed by atoms with Crippen molar-refractivity contribution in [2.24, 2.45) is 0 Å². The van der Waals surface area contributed by atoms with E-state index in [0.29, 0.717) is 36.0 Å². The van der Waals surface area contributed by atoms with E-state index < -0.39 is 0 Å². The minimum Gasteiger partial charge on any atom is -0.486 e. The van der Waals surface area contributed by atoms with Gasteiger partial charge in [-0.15, -0.1) is 0 Å². The summed E-state index contributed by atoms with van der Waals surface area (Å²) < 4.78 is 11.1. The zero-order chi connectivity index (χ0) is 16.4. The molecule has 1 aromatic carbocycles. The molecule has 124 valence electrons. The minimum absolute atomic E-state index is 0.229. The van der Waals surface area contributed by atoms with Gasteiger partial charge in [0.25, 0.3) is 5.91 Å². The zero-order valence-corrected chi connectivity index (χ0v) is 13.3. The Morgan fingerprint density at radius 3 is 2.71 bits per heavy atom. The third-order valence-corrected chi connectivity index (χ3v) is 4.25. The first-order chi connectivity index (χ1) is 11.8. The van der Waals surface area contributed by atoms with Crippen LogP contribution in [0.4, 0.5) is 11.5 Å². The number of hydrogen-bond donors (Lipinski definition) is 1. The predicted molar refractivity (Wildman–Crippen MR) is 91.1 cm³/mol. The number of ether oxygens (including phenoxy) is 2. The van der Waals surface area contributed by atoms with Crippen molar-refractivity contribution in [1.82, 2.24) is 4.98 Å². The summed E-state index contributed by atoms with van der Waals surface area (Å²) in [5.41, 5.74) is 1.13. The average molecular weight is 325 g/mol. The summed E-state index contributed by atoms with van der Waals surface area (Å²) in [5.74, 6) is 1.84. The van der Waals surface area contributed by atoms with Crippen LogP contribution in [0, 0.1) is 0 Å². The fourth-order valence-corrected chi connectivity index (χ4v) is 3.04. The van der Waals surface area contributed by atoms with E-state index in [4.69, 9.17) is 9.47 Å². The summed E-state index contributed by atoms with van der Waals surface area (Å²) in [5, 5.41) is 2.87. The first-order valence-electron chi connectivity index (χ1n) is 8.22. The Labute approximate surface area is 140 Å². The molecule has 2 aliphatic rings. The topological polar surface area (TPSA) is 63.7 Å². The highest BCUT2D eigenvalue weighted by Gasteiger charge is 2.20. The van der Waals surface area contributed by atoms with Gasteiger partial charge in [0.2, 0.25) is 0 Å². The van der Waals surface area contributed by atoms with E-state index in [9.17, 15) is 4.79 Å². The van der Waals surface area contributed by atoms with Crippen LogP contribution >= 0.6 is 0 Å². The Kier molecular flexibility index (Phi) is 3.94. The molecule has 24 heavy (non-hydrogen) atoms. The second-order valence-corrected chi connectivity index (χ2v) is 5.88. The summed E-state index contributed by atoms with van der Waals surface area (Å²) in [4.78, 5) is 19.2. The van der Waals surface area contributed by atoms with Gasteiger partial charge in [-0.2, -0.15) is 0 Å². The van der Waals surface area contributed by atoms with Gasteiger partial charge in [-0.3, -0.25) is 4.79 Å². The van der Waals surface area contributed by atoms with Crippen LogP contribution in [-0.2, 0) is 0 Å². The lowest BCUT2D eigenvalue weighted by molar-refractivity contribution is 0.101. The van der Waals surface area contributed by atoms with Crippen LogP contribution in [0.3, 0.4) is 0 Å². The molecule has 4 rings (SSSR count). The van der Waals surface area contributed by atoms with E-state index in [0.717, 1.165) is 18.9 Å². The van der Waals surface area contributed by atoms with E-state index in [1.165, 1.54) is 12.8 Å². The lowest BCUT2D eigenvalue weighted by atomic mass is 10.1. The van der Waals surface area contributed by atoms with Gasteiger partial charge in [0.15, 0.2) is 11.5 Å². The molecule has 6 nitrogen and oxygen atoms in total. The molecule has 0 aliphatic carbocycles. The maximum Gasteiger partial charge on any atom is 0.259 e. The van der Waals surface area contributed by atoms with E-state index in [-0.39, 0.29) is 5.91 Å². The number of amides is 1. The second-order valence-electron chi connectivity index (χ2n) is 5.88.